The maximum Gasteiger partial charge on any atom is 0.0992 e. The third-order valence-electron chi connectivity index (χ3n) is 3.63. The Balaban J connectivity index is 2.27. The van der Waals surface area contributed by atoms with Crippen molar-refractivity contribution in [2.45, 2.75) is 33.7 Å². The van der Waals surface area contributed by atoms with Gasteiger partial charge < -0.3 is 5.32 Å². The van der Waals surface area contributed by atoms with Crippen molar-refractivity contribution in [2.75, 3.05) is 5.32 Å². The lowest BCUT2D eigenvalue weighted by atomic mass is 9.99. The zero-order valence-electron chi connectivity index (χ0n) is 12.5. The molecule has 102 valence electrons. The molecule has 0 aliphatic carbocycles. The summed E-state index contributed by atoms with van der Waals surface area (Å²) in [5.74, 6) is 0. The van der Waals surface area contributed by atoms with Gasteiger partial charge in [0.1, 0.15) is 0 Å². The first kappa shape index (κ1) is 14.1. The van der Waals surface area contributed by atoms with Crippen molar-refractivity contribution in [1.29, 1.82) is 5.26 Å². The third-order valence-corrected chi connectivity index (χ3v) is 3.63. The highest BCUT2D eigenvalue weighted by atomic mass is 14.9. The highest BCUT2D eigenvalue weighted by Crippen LogP contribution is 2.25. The van der Waals surface area contributed by atoms with Crippen LogP contribution in [0.1, 0.15) is 40.8 Å². The van der Waals surface area contributed by atoms with Gasteiger partial charge in [-0.2, -0.15) is 5.26 Å². The van der Waals surface area contributed by atoms with Crippen LogP contribution in [0.15, 0.2) is 36.4 Å². The molecule has 1 N–H and O–H groups in total. The van der Waals surface area contributed by atoms with Gasteiger partial charge in [0, 0.05) is 11.7 Å². The molecule has 0 aliphatic heterocycles. The number of nitrogens with zero attached hydrogens (tertiary/aromatic N) is 1. The van der Waals surface area contributed by atoms with Crippen molar-refractivity contribution in [1.82, 2.24) is 0 Å². The summed E-state index contributed by atoms with van der Waals surface area (Å²) in [5.41, 5.74) is 6.72. The molecule has 0 heterocycles. The molecule has 0 aromatic heterocycles. The molecule has 0 spiro atoms. The fourth-order valence-corrected chi connectivity index (χ4v) is 2.47. The minimum Gasteiger partial charge on any atom is -0.378 e. The van der Waals surface area contributed by atoms with Crippen LogP contribution in [0.4, 0.5) is 5.69 Å². The van der Waals surface area contributed by atoms with E-state index in [2.05, 4.69) is 57.3 Å². The van der Waals surface area contributed by atoms with E-state index >= 15 is 0 Å². The summed E-state index contributed by atoms with van der Waals surface area (Å²) in [6.45, 7) is 8.45. The Hall–Kier alpha value is -2.27. The van der Waals surface area contributed by atoms with Gasteiger partial charge >= 0.3 is 0 Å². The van der Waals surface area contributed by atoms with Crippen LogP contribution in [0.2, 0.25) is 0 Å². The molecule has 0 amide bonds. The molecule has 0 saturated heterocycles. The molecule has 2 rings (SSSR count). The summed E-state index contributed by atoms with van der Waals surface area (Å²) in [6, 6.07) is 14.7. The summed E-state index contributed by atoms with van der Waals surface area (Å²) in [5, 5.41) is 12.5. The van der Waals surface area contributed by atoms with Gasteiger partial charge in [-0.15, -0.1) is 0 Å². The molecule has 0 saturated carbocycles. The number of nitrogens with one attached hydrogen (secondary N) is 1. The summed E-state index contributed by atoms with van der Waals surface area (Å²) in [7, 11) is 0. The van der Waals surface area contributed by atoms with Gasteiger partial charge in [0.15, 0.2) is 0 Å². The van der Waals surface area contributed by atoms with Gasteiger partial charge in [-0.1, -0.05) is 29.8 Å². The van der Waals surface area contributed by atoms with E-state index in [1.165, 1.54) is 16.7 Å². The molecule has 1 unspecified atom stereocenters. The van der Waals surface area contributed by atoms with Crippen molar-refractivity contribution in [3.63, 3.8) is 0 Å². The molecule has 20 heavy (non-hydrogen) atoms. The Morgan fingerprint density at radius 2 is 1.75 bits per heavy atom. The second-order valence-electron chi connectivity index (χ2n) is 5.37. The van der Waals surface area contributed by atoms with Gasteiger partial charge in [0.2, 0.25) is 0 Å². The van der Waals surface area contributed by atoms with E-state index in [0.29, 0.717) is 5.56 Å². The summed E-state index contributed by atoms with van der Waals surface area (Å²) >= 11 is 0. The molecular weight excluding hydrogens is 244 g/mol. The summed E-state index contributed by atoms with van der Waals surface area (Å²) < 4.78 is 0. The topological polar surface area (TPSA) is 35.8 Å². The van der Waals surface area contributed by atoms with E-state index in [-0.39, 0.29) is 6.04 Å². The minimum absolute atomic E-state index is 0.211. The zero-order chi connectivity index (χ0) is 14.7. The van der Waals surface area contributed by atoms with Crippen LogP contribution < -0.4 is 5.32 Å². The Kier molecular flexibility index (Phi) is 4.10. The highest BCUT2D eigenvalue weighted by molar-refractivity contribution is 5.56. The fourth-order valence-electron chi connectivity index (χ4n) is 2.47. The molecular formula is C18H20N2. The quantitative estimate of drug-likeness (QED) is 0.875. The van der Waals surface area contributed by atoms with Crippen LogP contribution in [0.5, 0.6) is 0 Å². The van der Waals surface area contributed by atoms with Gasteiger partial charge in [0.05, 0.1) is 11.6 Å². The van der Waals surface area contributed by atoms with Crippen LogP contribution in [0, 0.1) is 32.1 Å². The van der Waals surface area contributed by atoms with Gasteiger partial charge in [-0.05, 0) is 56.5 Å². The van der Waals surface area contributed by atoms with E-state index in [1.54, 1.807) is 0 Å². The first-order valence-electron chi connectivity index (χ1n) is 6.85. The molecule has 0 fully saturated rings. The van der Waals surface area contributed by atoms with Crippen molar-refractivity contribution in [3.05, 3.63) is 64.2 Å². The molecule has 1 atom stereocenters. The number of hydrogen-bond donors (Lipinski definition) is 1. The summed E-state index contributed by atoms with van der Waals surface area (Å²) in [6.07, 6.45) is 0. The third kappa shape index (κ3) is 3.00. The normalized spacial score (nSPS) is 11.8. The van der Waals surface area contributed by atoms with E-state index in [1.807, 2.05) is 18.2 Å². The lowest BCUT2D eigenvalue weighted by Gasteiger charge is -2.20. The molecule has 2 aromatic carbocycles. The number of anilines is 1. The highest BCUT2D eigenvalue weighted by Gasteiger charge is 2.10. The van der Waals surface area contributed by atoms with Gasteiger partial charge in [-0.3, -0.25) is 0 Å². The van der Waals surface area contributed by atoms with Crippen molar-refractivity contribution >= 4 is 5.69 Å². The number of aryl methyl sites for hydroxylation is 3. The Bertz CT molecular complexity index is 666. The monoisotopic (exact) mass is 264 g/mol. The lowest BCUT2D eigenvalue weighted by Crippen LogP contribution is -2.09. The number of nitriles is 1. The molecule has 0 radical (unpaired) electrons. The van der Waals surface area contributed by atoms with E-state index in [4.69, 9.17) is 5.26 Å². The molecule has 0 aliphatic rings. The molecule has 2 aromatic rings. The van der Waals surface area contributed by atoms with Crippen LogP contribution >= 0.6 is 0 Å². The largest absolute Gasteiger partial charge is 0.378 e. The second kappa shape index (κ2) is 5.79. The fraction of sp³-hybridized carbons (Fsp3) is 0.278. The van der Waals surface area contributed by atoms with Crippen LogP contribution in [0.25, 0.3) is 0 Å². The molecule has 0 bridgehead atoms. The average Bonchev–Trinajstić information content (AvgIpc) is 2.41. The molecule has 2 heteroatoms. The van der Waals surface area contributed by atoms with Crippen molar-refractivity contribution in [2.24, 2.45) is 0 Å². The van der Waals surface area contributed by atoms with Gasteiger partial charge in [0.25, 0.3) is 0 Å². The zero-order valence-corrected chi connectivity index (χ0v) is 12.5. The lowest BCUT2D eigenvalue weighted by molar-refractivity contribution is 0.871. The Labute approximate surface area is 121 Å². The maximum absolute atomic E-state index is 9.00. The van der Waals surface area contributed by atoms with E-state index in [9.17, 15) is 0 Å². The first-order chi connectivity index (χ1) is 9.51. The predicted molar refractivity (Wildman–Crippen MR) is 83.8 cm³/mol. The number of benzene rings is 2. The SMILES string of the molecule is Cc1ccc(C(C)Nc2cc(C#N)ccc2C)c(C)c1. The molecule has 2 nitrogen and oxygen atoms in total. The number of hydrogen-bond acceptors (Lipinski definition) is 2. The standard InChI is InChI=1S/C18H20N2/c1-12-5-8-17(14(3)9-12)15(4)20-18-10-16(11-19)7-6-13(18)2/h5-10,15,20H,1-4H3. The smallest absolute Gasteiger partial charge is 0.0992 e. The second-order valence-corrected chi connectivity index (χ2v) is 5.37. The van der Waals surface area contributed by atoms with E-state index in [0.717, 1.165) is 11.3 Å². The van der Waals surface area contributed by atoms with Crippen molar-refractivity contribution < 1.29 is 0 Å². The minimum atomic E-state index is 0.211. The van der Waals surface area contributed by atoms with Crippen LogP contribution in [0.3, 0.4) is 0 Å². The van der Waals surface area contributed by atoms with Crippen LogP contribution in [-0.4, -0.2) is 0 Å². The van der Waals surface area contributed by atoms with Gasteiger partial charge in [-0.25, -0.2) is 0 Å². The van der Waals surface area contributed by atoms with E-state index < -0.39 is 0 Å². The van der Waals surface area contributed by atoms with Crippen molar-refractivity contribution in [3.8, 4) is 6.07 Å². The number of rotatable bonds is 3. The first-order valence-corrected chi connectivity index (χ1v) is 6.85. The predicted octanol–water partition coefficient (Wildman–Crippen LogP) is 4.66. The Morgan fingerprint density at radius 1 is 1.00 bits per heavy atom. The Morgan fingerprint density at radius 3 is 2.40 bits per heavy atom. The maximum atomic E-state index is 9.00. The average molecular weight is 264 g/mol. The summed E-state index contributed by atoms with van der Waals surface area (Å²) in [4.78, 5) is 0. The van der Waals surface area contributed by atoms with Crippen LogP contribution in [-0.2, 0) is 0 Å².